The monoisotopic (exact) mass is 368 g/mol. The van der Waals surface area contributed by atoms with Gasteiger partial charge in [-0.3, -0.25) is 0 Å². The fraction of sp³-hybridized carbons (Fsp3) is 0.700. The molecule has 2 heterocycles. The molecule has 0 N–H and O–H groups in total. The molecule has 0 saturated heterocycles. The SMILES string of the molecule is C.CC(C)c1csc(C(C)C)n1.Cc1nc(C(C)C)sc1C(C)C. The van der Waals surface area contributed by atoms with Crippen molar-refractivity contribution in [2.45, 2.75) is 93.4 Å². The second kappa shape index (κ2) is 10.3. The van der Waals surface area contributed by atoms with Gasteiger partial charge in [0, 0.05) is 22.1 Å². The largest absolute Gasteiger partial charge is 0.246 e. The second-order valence-corrected chi connectivity index (χ2v) is 9.18. The number of aromatic nitrogens is 2. The highest BCUT2D eigenvalue weighted by Crippen LogP contribution is 2.29. The van der Waals surface area contributed by atoms with Crippen molar-refractivity contribution < 1.29 is 0 Å². The van der Waals surface area contributed by atoms with Crippen LogP contribution in [0.25, 0.3) is 0 Å². The highest BCUT2D eigenvalue weighted by atomic mass is 32.1. The van der Waals surface area contributed by atoms with Gasteiger partial charge in [0.2, 0.25) is 0 Å². The topological polar surface area (TPSA) is 25.8 Å². The minimum atomic E-state index is 0. The van der Waals surface area contributed by atoms with Crippen molar-refractivity contribution >= 4 is 22.7 Å². The zero-order valence-corrected chi connectivity index (χ0v) is 17.7. The first-order valence-electron chi connectivity index (χ1n) is 8.55. The molecule has 0 bridgehead atoms. The first kappa shape index (κ1) is 23.3. The molecule has 0 unspecified atom stereocenters. The summed E-state index contributed by atoms with van der Waals surface area (Å²) >= 11 is 3.64. The summed E-state index contributed by atoms with van der Waals surface area (Å²) in [5.74, 6) is 2.34. The van der Waals surface area contributed by atoms with Crippen LogP contribution in [0.5, 0.6) is 0 Å². The highest BCUT2D eigenvalue weighted by Gasteiger charge is 2.12. The van der Waals surface area contributed by atoms with Crippen LogP contribution in [0, 0.1) is 6.92 Å². The van der Waals surface area contributed by atoms with Gasteiger partial charge >= 0.3 is 0 Å². The van der Waals surface area contributed by atoms with E-state index in [0.717, 1.165) is 0 Å². The van der Waals surface area contributed by atoms with E-state index in [1.165, 1.54) is 26.3 Å². The van der Waals surface area contributed by atoms with Gasteiger partial charge in [-0.1, -0.05) is 62.8 Å². The van der Waals surface area contributed by atoms with Gasteiger partial charge in [0.25, 0.3) is 0 Å². The van der Waals surface area contributed by atoms with Gasteiger partial charge in [0.05, 0.1) is 21.4 Å². The Balaban J connectivity index is 0.000000425. The Morgan fingerprint density at radius 2 is 1.29 bits per heavy atom. The van der Waals surface area contributed by atoms with E-state index in [1.54, 1.807) is 11.3 Å². The zero-order chi connectivity index (χ0) is 17.7. The number of aryl methyl sites for hydroxylation is 1. The molecule has 2 aromatic rings. The normalized spacial score (nSPS) is 11.0. The van der Waals surface area contributed by atoms with E-state index >= 15 is 0 Å². The Morgan fingerprint density at radius 3 is 1.54 bits per heavy atom. The van der Waals surface area contributed by atoms with Crippen LogP contribution in [0.1, 0.15) is 113 Å². The molecular weight excluding hydrogens is 332 g/mol. The molecular formula is C20H36N2S2. The molecule has 24 heavy (non-hydrogen) atoms. The molecule has 2 nitrogen and oxygen atoms in total. The molecule has 0 saturated carbocycles. The van der Waals surface area contributed by atoms with Gasteiger partial charge in [0.1, 0.15) is 0 Å². The minimum absolute atomic E-state index is 0. The number of hydrogen-bond donors (Lipinski definition) is 0. The summed E-state index contributed by atoms with van der Waals surface area (Å²) in [7, 11) is 0. The summed E-state index contributed by atoms with van der Waals surface area (Å²) in [6, 6.07) is 0. The fourth-order valence-electron chi connectivity index (χ4n) is 2.04. The maximum Gasteiger partial charge on any atom is 0.0956 e. The minimum Gasteiger partial charge on any atom is -0.246 e. The van der Waals surface area contributed by atoms with Crippen LogP contribution in [-0.4, -0.2) is 9.97 Å². The third-order valence-electron chi connectivity index (χ3n) is 3.49. The highest BCUT2D eigenvalue weighted by molar-refractivity contribution is 7.12. The molecule has 138 valence electrons. The van der Waals surface area contributed by atoms with Gasteiger partial charge < -0.3 is 0 Å². The molecule has 4 heteroatoms. The molecule has 0 radical (unpaired) electrons. The smallest absolute Gasteiger partial charge is 0.0956 e. The quantitative estimate of drug-likeness (QED) is 0.552. The van der Waals surface area contributed by atoms with Crippen LogP contribution < -0.4 is 0 Å². The maximum atomic E-state index is 4.55. The summed E-state index contributed by atoms with van der Waals surface area (Å²) in [5, 5.41) is 4.70. The van der Waals surface area contributed by atoms with E-state index in [4.69, 9.17) is 0 Å². The van der Waals surface area contributed by atoms with E-state index in [2.05, 4.69) is 77.7 Å². The predicted octanol–water partition coefficient (Wildman–Crippen LogP) is 7.72. The second-order valence-electron chi connectivity index (χ2n) is 7.23. The number of hydrogen-bond acceptors (Lipinski definition) is 4. The summed E-state index contributed by atoms with van der Waals surface area (Å²) < 4.78 is 0. The van der Waals surface area contributed by atoms with Crippen LogP contribution in [0.2, 0.25) is 0 Å². The van der Waals surface area contributed by atoms with Gasteiger partial charge in [0.15, 0.2) is 0 Å². The van der Waals surface area contributed by atoms with Crippen molar-refractivity contribution in [2.24, 2.45) is 0 Å². The van der Waals surface area contributed by atoms with Gasteiger partial charge in [-0.15, -0.1) is 22.7 Å². The van der Waals surface area contributed by atoms with Crippen LogP contribution in [0.3, 0.4) is 0 Å². The van der Waals surface area contributed by atoms with Crippen molar-refractivity contribution in [2.75, 3.05) is 0 Å². The molecule has 0 aromatic carbocycles. The van der Waals surface area contributed by atoms with E-state index in [-0.39, 0.29) is 7.43 Å². The van der Waals surface area contributed by atoms with Gasteiger partial charge in [-0.2, -0.15) is 0 Å². The van der Waals surface area contributed by atoms with Crippen LogP contribution in [-0.2, 0) is 0 Å². The fourth-order valence-corrected chi connectivity index (χ4v) is 4.11. The Labute approximate surface area is 157 Å². The zero-order valence-electron chi connectivity index (χ0n) is 16.1. The predicted molar refractivity (Wildman–Crippen MR) is 112 cm³/mol. The molecule has 0 fully saturated rings. The third kappa shape index (κ3) is 6.64. The third-order valence-corrected chi connectivity index (χ3v) is 6.41. The van der Waals surface area contributed by atoms with E-state index in [9.17, 15) is 0 Å². The lowest BCUT2D eigenvalue weighted by molar-refractivity contribution is 0.793. The van der Waals surface area contributed by atoms with E-state index in [0.29, 0.717) is 23.7 Å². The molecule has 0 aliphatic heterocycles. The maximum absolute atomic E-state index is 4.55. The van der Waals surface area contributed by atoms with Gasteiger partial charge in [-0.05, 0) is 18.8 Å². The average Bonchev–Trinajstić information content (AvgIpc) is 3.05. The summed E-state index contributed by atoms with van der Waals surface area (Å²) in [4.78, 5) is 10.5. The first-order chi connectivity index (χ1) is 10.6. The van der Waals surface area contributed by atoms with Crippen LogP contribution in [0.15, 0.2) is 5.38 Å². The molecule has 0 aliphatic rings. The van der Waals surface area contributed by atoms with Crippen LogP contribution >= 0.6 is 22.7 Å². The lowest BCUT2D eigenvalue weighted by Crippen LogP contribution is -1.90. The number of thiazole rings is 2. The van der Waals surface area contributed by atoms with Crippen molar-refractivity contribution in [3.63, 3.8) is 0 Å². The lowest BCUT2D eigenvalue weighted by Gasteiger charge is -1.99. The van der Waals surface area contributed by atoms with E-state index < -0.39 is 0 Å². The summed E-state index contributed by atoms with van der Waals surface area (Å²) in [6.45, 7) is 19.7. The molecule has 0 spiro atoms. The summed E-state index contributed by atoms with van der Waals surface area (Å²) in [6.07, 6.45) is 0. The van der Waals surface area contributed by atoms with E-state index in [1.807, 2.05) is 11.3 Å². The molecule has 2 rings (SSSR count). The summed E-state index contributed by atoms with van der Waals surface area (Å²) in [5.41, 5.74) is 2.46. The molecule has 0 aliphatic carbocycles. The average molecular weight is 369 g/mol. The number of nitrogens with zero attached hydrogens (tertiary/aromatic N) is 2. The van der Waals surface area contributed by atoms with Crippen molar-refractivity contribution in [1.29, 1.82) is 0 Å². The molecule has 0 atom stereocenters. The van der Waals surface area contributed by atoms with Gasteiger partial charge in [-0.25, -0.2) is 9.97 Å². The molecule has 0 amide bonds. The first-order valence-corrected chi connectivity index (χ1v) is 10.3. The number of rotatable bonds is 4. The van der Waals surface area contributed by atoms with Crippen LogP contribution in [0.4, 0.5) is 0 Å². The standard InChI is InChI=1S/C10H17NS.C9H15NS.CH4/c1-6(2)9-8(5)11-10(12-9)7(3)4;1-6(2)8-5-11-9(10-8)7(3)4;/h6-7H,1-5H3;5-7H,1-4H3;1H4. The Bertz CT molecular complexity index is 570. The van der Waals surface area contributed by atoms with Crippen molar-refractivity contribution in [3.05, 3.63) is 31.7 Å². The Morgan fingerprint density at radius 1 is 0.750 bits per heavy atom. The lowest BCUT2D eigenvalue weighted by atomic mass is 10.1. The Kier molecular flexibility index (Phi) is 9.98. The van der Waals surface area contributed by atoms with Crippen molar-refractivity contribution in [1.82, 2.24) is 9.97 Å². The Hall–Kier alpha value is -0.740. The van der Waals surface area contributed by atoms with Crippen molar-refractivity contribution in [3.8, 4) is 0 Å². The molecule has 2 aromatic heterocycles.